The molecule has 0 atom stereocenters. The maximum atomic E-state index is 6.17. The molecule has 4 rings (SSSR count). The van der Waals surface area contributed by atoms with Crippen LogP contribution >= 0.6 is 24.0 Å². The molecule has 152 valence electrons. The van der Waals surface area contributed by atoms with Crippen LogP contribution in [0, 0.1) is 0 Å². The Morgan fingerprint density at radius 3 is 2.55 bits per heavy atom. The van der Waals surface area contributed by atoms with Crippen LogP contribution in [-0.2, 0) is 19.3 Å². The van der Waals surface area contributed by atoms with Crippen molar-refractivity contribution in [2.45, 2.75) is 25.7 Å². The quantitative estimate of drug-likeness (QED) is 0.558. The summed E-state index contributed by atoms with van der Waals surface area (Å²) >= 11 is 6.17. The van der Waals surface area contributed by atoms with E-state index < -0.39 is 0 Å². The standard InChI is InChI=1S/C23H25ClN4.ClH/c1-28(2)14-13-16-9-11-19(12-10-16)25-23-20-7-4-8-21(20)26-22(27-23)17-5-3-6-18(24)15-17;/h3,5-6,9-12,15H,4,7-8,13-14H2,1-2H3,(H,25,26,27);1H. The lowest BCUT2D eigenvalue weighted by Crippen LogP contribution is -2.14. The summed E-state index contributed by atoms with van der Waals surface area (Å²) in [5.41, 5.74) is 5.73. The molecule has 1 heterocycles. The van der Waals surface area contributed by atoms with Gasteiger partial charge >= 0.3 is 0 Å². The fraction of sp³-hybridized carbons (Fsp3) is 0.304. The molecule has 0 saturated carbocycles. The third kappa shape index (κ3) is 5.27. The number of aryl methyl sites for hydroxylation is 1. The van der Waals surface area contributed by atoms with Gasteiger partial charge in [-0.3, -0.25) is 0 Å². The van der Waals surface area contributed by atoms with Gasteiger partial charge in [0.05, 0.1) is 0 Å². The third-order valence-corrected chi connectivity index (χ3v) is 5.32. The van der Waals surface area contributed by atoms with Crippen molar-refractivity contribution in [3.63, 3.8) is 0 Å². The topological polar surface area (TPSA) is 41.0 Å². The van der Waals surface area contributed by atoms with Gasteiger partial charge in [0.25, 0.3) is 0 Å². The molecule has 2 aromatic carbocycles. The second-order valence-corrected chi connectivity index (χ2v) is 8.00. The van der Waals surface area contributed by atoms with Gasteiger partial charge in [-0.2, -0.15) is 0 Å². The van der Waals surface area contributed by atoms with Crippen molar-refractivity contribution in [2.24, 2.45) is 0 Å². The van der Waals surface area contributed by atoms with Crippen molar-refractivity contribution in [2.75, 3.05) is 26.0 Å². The molecule has 0 amide bonds. The number of aromatic nitrogens is 2. The highest BCUT2D eigenvalue weighted by atomic mass is 35.5. The molecule has 0 fully saturated rings. The number of likely N-dealkylation sites (N-methyl/N-ethyl adjacent to an activating group) is 1. The third-order valence-electron chi connectivity index (χ3n) is 5.08. The molecule has 0 spiro atoms. The lowest BCUT2D eigenvalue weighted by atomic mass is 10.1. The summed E-state index contributed by atoms with van der Waals surface area (Å²) in [6.45, 7) is 1.05. The highest BCUT2D eigenvalue weighted by Gasteiger charge is 2.20. The molecule has 1 aliphatic rings. The Kier molecular flexibility index (Phi) is 7.12. The van der Waals surface area contributed by atoms with E-state index in [1.165, 1.54) is 11.1 Å². The van der Waals surface area contributed by atoms with E-state index in [9.17, 15) is 0 Å². The van der Waals surface area contributed by atoms with Crippen molar-refractivity contribution >= 4 is 35.5 Å². The number of nitrogens with zero attached hydrogens (tertiary/aromatic N) is 3. The molecule has 0 bridgehead atoms. The minimum atomic E-state index is 0. The average molecular weight is 429 g/mol. The van der Waals surface area contributed by atoms with E-state index in [-0.39, 0.29) is 12.4 Å². The number of nitrogens with one attached hydrogen (secondary N) is 1. The Hall–Kier alpha value is -2.14. The maximum absolute atomic E-state index is 6.17. The first-order valence-electron chi connectivity index (χ1n) is 9.75. The molecule has 1 N–H and O–H groups in total. The molecule has 0 saturated heterocycles. The highest BCUT2D eigenvalue weighted by Crippen LogP contribution is 2.31. The predicted molar refractivity (Wildman–Crippen MR) is 124 cm³/mol. The number of rotatable bonds is 6. The van der Waals surface area contributed by atoms with Crippen molar-refractivity contribution in [3.8, 4) is 11.4 Å². The summed E-state index contributed by atoms with van der Waals surface area (Å²) in [5, 5.41) is 4.23. The van der Waals surface area contributed by atoms with Gasteiger partial charge in [-0.1, -0.05) is 35.9 Å². The van der Waals surface area contributed by atoms with Crippen LogP contribution in [0.1, 0.15) is 23.2 Å². The van der Waals surface area contributed by atoms with Crippen molar-refractivity contribution in [1.29, 1.82) is 0 Å². The molecular formula is C23H26Cl2N4. The zero-order valence-electron chi connectivity index (χ0n) is 16.8. The fourth-order valence-electron chi connectivity index (χ4n) is 3.54. The van der Waals surface area contributed by atoms with Gasteiger partial charge in [-0.15, -0.1) is 12.4 Å². The summed E-state index contributed by atoms with van der Waals surface area (Å²) in [5.74, 6) is 1.65. The van der Waals surface area contributed by atoms with E-state index in [0.717, 1.165) is 60.8 Å². The maximum Gasteiger partial charge on any atom is 0.161 e. The molecule has 0 aliphatic heterocycles. The van der Waals surface area contributed by atoms with E-state index >= 15 is 0 Å². The molecular weight excluding hydrogens is 403 g/mol. The van der Waals surface area contributed by atoms with Crippen LogP contribution in [0.4, 0.5) is 11.5 Å². The van der Waals surface area contributed by atoms with Gasteiger partial charge in [0.1, 0.15) is 5.82 Å². The summed E-state index contributed by atoms with van der Waals surface area (Å²) in [6.07, 6.45) is 4.20. The van der Waals surface area contributed by atoms with Gasteiger partial charge in [0, 0.05) is 34.1 Å². The molecule has 0 radical (unpaired) electrons. The number of hydrogen-bond donors (Lipinski definition) is 1. The first-order chi connectivity index (χ1) is 13.6. The van der Waals surface area contributed by atoms with Gasteiger partial charge < -0.3 is 10.2 Å². The van der Waals surface area contributed by atoms with Crippen LogP contribution < -0.4 is 5.32 Å². The minimum absolute atomic E-state index is 0. The molecule has 4 nitrogen and oxygen atoms in total. The fourth-order valence-corrected chi connectivity index (χ4v) is 3.73. The lowest BCUT2D eigenvalue weighted by molar-refractivity contribution is 0.413. The lowest BCUT2D eigenvalue weighted by Gasteiger charge is -2.13. The summed E-state index contributed by atoms with van der Waals surface area (Å²) in [7, 11) is 4.20. The number of halogens is 2. The predicted octanol–water partition coefficient (Wildman–Crippen LogP) is 5.56. The van der Waals surface area contributed by atoms with Crippen LogP contribution in [0.15, 0.2) is 48.5 Å². The molecule has 1 aromatic heterocycles. The van der Waals surface area contributed by atoms with E-state index in [1.54, 1.807) is 0 Å². The van der Waals surface area contributed by atoms with Crippen LogP contribution in [0.25, 0.3) is 11.4 Å². The summed E-state index contributed by atoms with van der Waals surface area (Å²) in [6, 6.07) is 16.4. The Morgan fingerprint density at radius 2 is 1.83 bits per heavy atom. The van der Waals surface area contributed by atoms with Crippen LogP contribution in [0.2, 0.25) is 5.02 Å². The van der Waals surface area contributed by atoms with Crippen LogP contribution in [-0.4, -0.2) is 35.5 Å². The van der Waals surface area contributed by atoms with Gasteiger partial charge in [-0.05, 0) is 69.6 Å². The van der Waals surface area contributed by atoms with E-state index in [2.05, 4.69) is 48.6 Å². The Bertz CT molecular complexity index is 971. The second-order valence-electron chi connectivity index (χ2n) is 7.56. The zero-order valence-corrected chi connectivity index (χ0v) is 18.4. The monoisotopic (exact) mass is 428 g/mol. The Balaban J connectivity index is 0.00000240. The highest BCUT2D eigenvalue weighted by molar-refractivity contribution is 6.30. The first kappa shape index (κ1) is 21.6. The second kappa shape index (κ2) is 9.57. The van der Waals surface area contributed by atoms with E-state index in [4.69, 9.17) is 21.6 Å². The number of fused-ring (bicyclic) bond motifs is 1. The zero-order chi connectivity index (χ0) is 19.5. The summed E-state index contributed by atoms with van der Waals surface area (Å²) in [4.78, 5) is 11.9. The minimum Gasteiger partial charge on any atom is -0.340 e. The van der Waals surface area contributed by atoms with Crippen LogP contribution in [0.3, 0.4) is 0 Å². The molecule has 0 unspecified atom stereocenters. The van der Waals surface area contributed by atoms with Gasteiger partial charge in [0.15, 0.2) is 5.82 Å². The van der Waals surface area contributed by atoms with Gasteiger partial charge in [-0.25, -0.2) is 9.97 Å². The number of benzene rings is 2. The normalized spacial score (nSPS) is 12.6. The Labute approximate surface area is 183 Å². The number of hydrogen-bond acceptors (Lipinski definition) is 4. The SMILES string of the molecule is CN(C)CCc1ccc(Nc2nc(-c3cccc(Cl)c3)nc3c2CCC3)cc1.Cl. The average Bonchev–Trinajstić information content (AvgIpc) is 3.16. The van der Waals surface area contributed by atoms with Crippen LogP contribution in [0.5, 0.6) is 0 Å². The van der Waals surface area contributed by atoms with Crippen molar-refractivity contribution in [1.82, 2.24) is 14.9 Å². The van der Waals surface area contributed by atoms with E-state index in [0.29, 0.717) is 5.02 Å². The van der Waals surface area contributed by atoms with Crippen molar-refractivity contribution < 1.29 is 0 Å². The molecule has 6 heteroatoms. The Morgan fingerprint density at radius 1 is 1.03 bits per heavy atom. The number of anilines is 2. The van der Waals surface area contributed by atoms with Gasteiger partial charge in [0.2, 0.25) is 0 Å². The smallest absolute Gasteiger partial charge is 0.161 e. The molecule has 1 aliphatic carbocycles. The first-order valence-corrected chi connectivity index (χ1v) is 10.1. The summed E-state index contributed by atoms with van der Waals surface area (Å²) < 4.78 is 0. The molecule has 3 aromatic rings. The largest absolute Gasteiger partial charge is 0.340 e. The van der Waals surface area contributed by atoms with E-state index in [1.807, 2.05) is 24.3 Å². The van der Waals surface area contributed by atoms with Crippen molar-refractivity contribution in [3.05, 3.63) is 70.4 Å². The molecule has 29 heavy (non-hydrogen) atoms.